The van der Waals surface area contributed by atoms with Gasteiger partial charge in [0.2, 0.25) is 10.0 Å². The van der Waals surface area contributed by atoms with Crippen molar-refractivity contribution in [1.82, 2.24) is 9.21 Å². The molecule has 7 nitrogen and oxygen atoms in total. The summed E-state index contributed by atoms with van der Waals surface area (Å²) >= 11 is 0. The van der Waals surface area contributed by atoms with Gasteiger partial charge in [0.05, 0.1) is 13.7 Å². The van der Waals surface area contributed by atoms with Gasteiger partial charge in [-0.05, 0) is 62.3 Å². The molecule has 1 heterocycles. The van der Waals surface area contributed by atoms with Crippen molar-refractivity contribution in [3.05, 3.63) is 42.5 Å². The zero-order chi connectivity index (χ0) is 24.2. The number of aliphatic hydroxyl groups is 1. The van der Waals surface area contributed by atoms with Crippen LogP contribution < -0.4 is 9.47 Å². The standard InChI is InChI=1S/C25H36N2O5S/c1-6-12-26(4)16-24-18(2)15-27(19(3)17-28)33(29,30)25-11-10-21(14-23(25)32-24)20-8-7-9-22(13-20)31-5/h7-11,13-14,18-19,24,28H,6,12,15-17H2,1-5H3/t18-,19-,24-/m1/s1. The Morgan fingerprint density at radius 3 is 2.64 bits per heavy atom. The normalized spacial score (nSPS) is 21.5. The predicted molar refractivity (Wildman–Crippen MR) is 130 cm³/mol. The lowest BCUT2D eigenvalue weighted by Crippen LogP contribution is -2.49. The lowest BCUT2D eigenvalue weighted by atomic mass is 10.0. The Hall–Kier alpha value is -2.13. The second kappa shape index (κ2) is 10.9. The second-order valence-electron chi connectivity index (χ2n) is 8.90. The Balaban J connectivity index is 2.11. The summed E-state index contributed by atoms with van der Waals surface area (Å²) < 4.78 is 40.4. The van der Waals surface area contributed by atoms with Gasteiger partial charge in [0.25, 0.3) is 0 Å². The number of likely N-dealkylation sites (N-methyl/N-ethyl adjacent to an activating group) is 1. The van der Waals surface area contributed by atoms with Crippen LogP contribution in [-0.4, -0.2) is 75.3 Å². The highest BCUT2D eigenvalue weighted by molar-refractivity contribution is 7.89. The van der Waals surface area contributed by atoms with Crippen molar-refractivity contribution in [2.75, 3.05) is 40.4 Å². The monoisotopic (exact) mass is 476 g/mol. The van der Waals surface area contributed by atoms with E-state index in [0.717, 1.165) is 29.8 Å². The van der Waals surface area contributed by atoms with Gasteiger partial charge in [-0.1, -0.05) is 32.0 Å². The summed E-state index contributed by atoms with van der Waals surface area (Å²) in [4.78, 5) is 2.34. The molecule has 8 heteroatoms. The molecule has 1 aliphatic rings. The van der Waals surface area contributed by atoms with E-state index >= 15 is 0 Å². The van der Waals surface area contributed by atoms with Crippen LogP contribution in [0.5, 0.6) is 11.5 Å². The van der Waals surface area contributed by atoms with Crippen LogP contribution in [0.25, 0.3) is 11.1 Å². The van der Waals surface area contributed by atoms with Crippen molar-refractivity contribution in [3.63, 3.8) is 0 Å². The molecule has 1 N–H and O–H groups in total. The minimum absolute atomic E-state index is 0.0679. The van der Waals surface area contributed by atoms with Crippen molar-refractivity contribution >= 4 is 10.0 Å². The number of methoxy groups -OCH3 is 1. The van der Waals surface area contributed by atoms with E-state index in [9.17, 15) is 13.5 Å². The summed E-state index contributed by atoms with van der Waals surface area (Å²) in [5.74, 6) is 0.997. The maximum Gasteiger partial charge on any atom is 0.247 e. The van der Waals surface area contributed by atoms with Crippen molar-refractivity contribution in [3.8, 4) is 22.6 Å². The first-order chi connectivity index (χ1) is 15.7. The molecule has 0 amide bonds. The SMILES string of the molecule is CCCN(C)C[C@H]1Oc2cc(-c3cccc(OC)c3)ccc2S(=O)(=O)N([C@H](C)CO)C[C@H]1C. The summed E-state index contributed by atoms with van der Waals surface area (Å²) in [5, 5.41) is 9.78. The van der Waals surface area contributed by atoms with Crippen molar-refractivity contribution in [2.45, 2.75) is 44.2 Å². The van der Waals surface area contributed by atoms with Gasteiger partial charge in [0.1, 0.15) is 22.5 Å². The van der Waals surface area contributed by atoms with Crippen LogP contribution in [0.15, 0.2) is 47.4 Å². The maximum atomic E-state index is 13.6. The summed E-state index contributed by atoms with van der Waals surface area (Å²) in [6, 6.07) is 12.3. The summed E-state index contributed by atoms with van der Waals surface area (Å²) in [6.07, 6.45) is 0.820. The smallest absolute Gasteiger partial charge is 0.247 e. The molecule has 3 atom stereocenters. The van der Waals surface area contributed by atoms with E-state index in [-0.39, 0.29) is 30.1 Å². The Kier molecular flexibility index (Phi) is 8.39. The van der Waals surface area contributed by atoms with Gasteiger partial charge in [-0.3, -0.25) is 0 Å². The number of aliphatic hydroxyl groups excluding tert-OH is 1. The molecule has 2 aromatic rings. The van der Waals surface area contributed by atoms with E-state index in [0.29, 0.717) is 12.3 Å². The van der Waals surface area contributed by atoms with Gasteiger partial charge in [-0.15, -0.1) is 0 Å². The molecule has 0 bridgehead atoms. The molecular weight excluding hydrogens is 440 g/mol. The van der Waals surface area contributed by atoms with Gasteiger partial charge >= 0.3 is 0 Å². The molecule has 1 aliphatic heterocycles. The van der Waals surface area contributed by atoms with Gasteiger partial charge in [-0.2, -0.15) is 4.31 Å². The van der Waals surface area contributed by atoms with Crippen LogP contribution in [0.4, 0.5) is 0 Å². The summed E-state index contributed by atoms with van der Waals surface area (Å²) in [5.41, 5.74) is 1.76. The lowest BCUT2D eigenvalue weighted by Gasteiger charge is -2.37. The average Bonchev–Trinajstić information content (AvgIpc) is 2.80. The van der Waals surface area contributed by atoms with Crippen LogP contribution in [0.2, 0.25) is 0 Å². The fraction of sp³-hybridized carbons (Fsp3) is 0.520. The molecule has 2 aromatic carbocycles. The summed E-state index contributed by atoms with van der Waals surface area (Å²) in [6.45, 7) is 7.52. The maximum absolute atomic E-state index is 13.6. The molecule has 0 unspecified atom stereocenters. The second-order valence-corrected chi connectivity index (χ2v) is 10.8. The van der Waals surface area contributed by atoms with Crippen LogP contribution in [0.1, 0.15) is 27.2 Å². The number of ether oxygens (including phenoxy) is 2. The van der Waals surface area contributed by atoms with Gasteiger partial charge in [0.15, 0.2) is 0 Å². The molecule has 182 valence electrons. The third-order valence-corrected chi connectivity index (χ3v) is 8.19. The number of nitrogens with zero attached hydrogens (tertiary/aromatic N) is 2. The quantitative estimate of drug-likeness (QED) is 0.629. The molecule has 33 heavy (non-hydrogen) atoms. The molecule has 0 spiro atoms. The minimum atomic E-state index is -3.85. The highest BCUT2D eigenvalue weighted by atomic mass is 32.2. The molecular formula is C25H36N2O5S. The number of hydrogen-bond acceptors (Lipinski definition) is 6. The molecule has 0 aliphatic carbocycles. The molecule has 0 radical (unpaired) electrons. The number of hydrogen-bond donors (Lipinski definition) is 1. The van der Waals surface area contributed by atoms with E-state index in [1.165, 1.54) is 4.31 Å². The highest BCUT2D eigenvalue weighted by Gasteiger charge is 2.38. The van der Waals surface area contributed by atoms with Gasteiger partial charge in [0, 0.05) is 25.0 Å². The Morgan fingerprint density at radius 1 is 1.24 bits per heavy atom. The topological polar surface area (TPSA) is 79.3 Å². The van der Waals surface area contributed by atoms with Gasteiger partial charge < -0.3 is 19.5 Å². The first-order valence-electron chi connectivity index (χ1n) is 11.5. The third-order valence-electron chi connectivity index (χ3n) is 6.17. The van der Waals surface area contributed by atoms with Crippen LogP contribution in [-0.2, 0) is 10.0 Å². The lowest BCUT2D eigenvalue weighted by molar-refractivity contribution is 0.0753. The molecule has 0 saturated heterocycles. The molecule has 0 fully saturated rings. The van der Waals surface area contributed by atoms with E-state index in [1.54, 1.807) is 32.2 Å². The van der Waals surface area contributed by atoms with E-state index in [1.807, 2.05) is 31.2 Å². The van der Waals surface area contributed by atoms with Crippen molar-refractivity contribution < 1.29 is 23.0 Å². The van der Waals surface area contributed by atoms with Gasteiger partial charge in [-0.25, -0.2) is 8.42 Å². The van der Waals surface area contributed by atoms with Crippen LogP contribution >= 0.6 is 0 Å². The number of benzene rings is 2. The zero-order valence-corrected chi connectivity index (χ0v) is 21.0. The average molecular weight is 477 g/mol. The number of fused-ring (bicyclic) bond motifs is 1. The Bertz CT molecular complexity index is 1040. The minimum Gasteiger partial charge on any atom is -0.497 e. The van der Waals surface area contributed by atoms with E-state index in [2.05, 4.69) is 18.9 Å². The van der Waals surface area contributed by atoms with E-state index < -0.39 is 16.1 Å². The number of rotatable bonds is 8. The van der Waals surface area contributed by atoms with Crippen molar-refractivity contribution in [2.24, 2.45) is 5.92 Å². The number of sulfonamides is 1. The fourth-order valence-corrected chi connectivity index (χ4v) is 6.03. The Morgan fingerprint density at radius 2 is 1.97 bits per heavy atom. The van der Waals surface area contributed by atoms with E-state index in [4.69, 9.17) is 9.47 Å². The zero-order valence-electron chi connectivity index (χ0n) is 20.2. The van der Waals surface area contributed by atoms with Crippen LogP contribution in [0, 0.1) is 5.92 Å². The highest BCUT2D eigenvalue weighted by Crippen LogP contribution is 2.37. The molecule has 3 rings (SSSR count). The fourth-order valence-electron chi connectivity index (χ4n) is 4.21. The van der Waals surface area contributed by atoms with Crippen molar-refractivity contribution in [1.29, 1.82) is 0 Å². The molecule has 0 saturated carbocycles. The molecule has 0 aromatic heterocycles. The summed E-state index contributed by atoms with van der Waals surface area (Å²) in [7, 11) is -0.182. The first kappa shape index (κ1) is 25.5. The Labute approximate surface area is 198 Å². The predicted octanol–water partition coefficient (Wildman–Crippen LogP) is 3.47. The third kappa shape index (κ3) is 5.69. The van der Waals surface area contributed by atoms with Crippen LogP contribution in [0.3, 0.4) is 0 Å². The largest absolute Gasteiger partial charge is 0.497 e. The first-order valence-corrected chi connectivity index (χ1v) is 12.9.